The average Bonchev–Trinajstić information content (AvgIpc) is 3.28. The van der Waals surface area contributed by atoms with Crippen LogP contribution in [0.25, 0.3) is 11.8 Å². The van der Waals surface area contributed by atoms with Crippen molar-refractivity contribution in [3.05, 3.63) is 81.7 Å². The summed E-state index contributed by atoms with van der Waals surface area (Å²) in [6.45, 7) is 0. The summed E-state index contributed by atoms with van der Waals surface area (Å²) in [5, 5.41) is 4.75. The number of benzene rings is 1. The van der Waals surface area contributed by atoms with E-state index in [-0.39, 0.29) is 11.1 Å². The number of pyridine rings is 1. The van der Waals surface area contributed by atoms with Crippen LogP contribution in [0.3, 0.4) is 0 Å². The van der Waals surface area contributed by atoms with E-state index in [1.54, 1.807) is 37.5 Å². The van der Waals surface area contributed by atoms with Gasteiger partial charge in [-0.1, -0.05) is 12.1 Å². The number of hydrazine groups is 1. The average molecular weight is 401 g/mol. The quantitative estimate of drug-likeness (QED) is 0.608. The number of amides is 1. The van der Waals surface area contributed by atoms with Gasteiger partial charge in [0.2, 0.25) is 0 Å². The van der Waals surface area contributed by atoms with Gasteiger partial charge in [-0.05, 0) is 47.9 Å². The van der Waals surface area contributed by atoms with Crippen molar-refractivity contribution >= 4 is 34.8 Å². The molecule has 0 spiro atoms. The maximum Gasteiger partial charge on any atom is 0.416 e. The molecule has 0 atom stereocenters. The van der Waals surface area contributed by atoms with Gasteiger partial charge in [0.25, 0.3) is 5.91 Å². The Labute approximate surface area is 163 Å². The first-order chi connectivity index (χ1) is 13.4. The van der Waals surface area contributed by atoms with Crippen molar-refractivity contribution in [1.29, 1.82) is 0 Å². The van der Waals surface area contributed by atoms with Crippen molar-refractivity contribution < 1.29 is 18.0 Å². The Balaban J connectivity index is 1.87. The van der Waals surface area contributed by atoms with Gasteiger partial charge < -0.3 is 0 Å². The van der Waals surface area contributed by atoms with Gasteiger partial charge in [0, 0.05) is 23.7 Å². The second-order valence-electron chi connectivity index (χ2n) is 6.13. The third kappa shape index (κ3) is 3.16. The van der Waals surface area contributed by atoms with Gasteiger partial charge in [-0.15, -0.1) is 11.3 Å². The fourth-order valence-electron chi connectivity index (χ4n) is 3.05. The molecule has 1 aliphatic rings. The molecule has 0 saturated heterocycles. The van der Waals surface area contributed by atoms with Gasteiger partial charge in [0.1, 0.15) is 5.82 Å². The summed E-state index contributed by atoms with van der Waals surface area (Å²) in [5.41, 5.74) is 0.0507. The molecule has 2 aromatic heterocycles. The standard InChI is InChI=1S/C20H14F3N3OS/c1-25(18-6-2-3-9-24-18)26-17(12-14-5-4-10-28-14)16-11-13(20(21,22)23)7-8-15(16)19(26)27/h2-12H,1H3/b17-12-. The highest BCUT2D eigenvalue weighted by Crippen LogP contribution is 2.40. The van der Waals surface area contributed by atoms with E-state index in [4.69, 9.17) is 0 Å². The van der Waals surface area contributed by atoms with Crippen LogP contribution in [0.1, 0.15) is 26.4 Å². The van der Waals surface area contributed by atoms with Crippen LogP contribution in [0, 0.1) is 0 Å². The zero-order valence-corrected chi connectivity index (χ0v) is 15.5. The van der Waals surface area contributed by atoms with Crippen molar-refractivity contribution in [1.82, 2.24) is 9.99 Å². The highest BCUT2D eigenvalue weighted by Gasteiger charge is 2.39. The van der Waals surface area contributed by atoms with E-state index in [0.717, 1.165) is 17.0 Å². The number of hydrogen-bond acceptors (Lipinski definition) is 4. The molecule has 28 heavy (non-hydrogen) atoms. The number of anilines is 1. The normalized spacial score (nSPS) is 15.2. The first kappa shape index (κ1) is 18.2. The number of fused-ring (bicyclic) bond motifs is 1. The molecule has 142 valence electrons. The van der Waals surface area contributed by atoms with Crippen molar-refractivity contribution in [3.63, 3.8) is 0 Å². The molecule has 0 N–H and O–H groups in total. The molecule has 1 aliphatic heterocycles. The molecule has 0 fully saturated rings. The minimum Gasteiger partial charge on any atom is -0.267 e. The molecule has 8 heteroatoms. The van der Waals surface area contributed by atoms with Crippen LogP contribution in [0.4, 0.5) is 19.0 Å². The first-order valence-electron chi connectivity index (χ1n) is 8.32. The lowest BCUT2D eigenvalue weighted by Crippen LogP contribution is -2.39. The maximum atomic E-state index is 13.2. The van der Waals surface area contributed by atoms with Crippen LogP contribution in [0.15, 0.2) is 60.1 Å². The molecule has 0 unspecified atom stereocenters. The van der Waals surface area contributed by atoms with Gasteiger partial charge in [-0.3, -0.25) is 9.80 Å². The molecule has 3 heterocycles. The molecule has 0 aliphatic carbocycles. The van der Waals surface area contributed by atoms with E-state index >= 15 is 0 Å². The smallest absolute Gasteiger partial charge is 0.267 e. The number of halogens is 3. The number of rotatable bonds is 3. The third-order valence-electron chi connectivity index (χ3n) is 4.38. The predicted octanol–water partition coefficient (Wildman–Crippen LogP) is 5.17. The van der Waals surface area contributed by atoms with Crippen LogP contribution in [-0.4, -0.2) is 22.9 Å². The number of aromatic nitrogens is 1. The SMILES string of the molecule is CN(c1ccccn1)N1C(=O)c2ccc(C(F)(F)F)cc2/C1=C/c1cccs1. The highest BCUT2D eigenvalue weighted by molar-refractivity contribution is 7.10. The van der Waals surface area contributed by atoms with Crippen molar-refractivity contribution in [2.75, 3.05) is 12.1 Å². The van der Waals surface area contributed by atoms with E-state index in [2.05, 4.69) is 4.98 Å². The Kier molecular flexibility index (Phi) is 4.43. The van der Waals surface area contributed by atoms with Gasteiger partial charge >= 0.3 is 6.18 Å². The number of alkyl halides is 3. The van der Waals surface area contributed by atoms with Crippen molar-refractivity contribution in [3.8, 4) is 0 Å². The fraction of sp³-hybridized carbons (Fsp3) is 0.100. The Morgan fingerprint density at radius 1 is 1.11 bits per heavy atom. The van der Waals surface area contributed by atoms with E-state index in [1.807, 2.05) is 17.5 Å². The molecule has 1 amide bonds. The van der Waals surface area contributed by atoms with Crippen molar-refractivity contribution in [2.45, 2.75) is 6.18 Å². The zero-order valence-electron chi connectivity index (χ0n) is 14.6. The molecule has 0 bridgehead atoms. The van der Waals surface area contributed by atoms with E-state index < -0.39 is 17.6 Å². The summed E-state index contributed by atoms with van der Waals surface area (Å²) in [4.78, 5) is 18.1. The molecule has 1 aromatic carbocycles. The molecule has 4 nitrogen and oxygen atoms in total. The van der Waals surface area contributed by atoms with Crippen LogP contribution in [0.5, 0.6) is 0 Å². The lowest BCUT2D eigenvalue weighted by atomic mass is 10.0. The van der Waals surface area contributed by atoms with E-state index in [1.165, 1.54) is 27.4 Å². The van der Waals surface area contributed by atoms with E-state index in [9.17, 15) is 18.0 Å². The third-order valence-corrected chi connectivity index (χ3v) is 5.20. The first-order valence-corrected chi connectivity index (χ1v) is 9.20. The summed E-state index contributed by atoms with van der Waals surface area (Å²) in [6, 6.07) is 12.1. The zero-order chi connectivity index (χ0) is 19.9. The minimum absolute atomic E-state index is 0.221. The fourth-order valence-corrected chi connectivity index (χ4v) is 3.70. The molecular weight excluding hydrogens is 387 g/mol. The molecular formula is C20H14F3N3OS. The summed E-state index contributed by atoms with van der Waals surface area (Å²) in [5.74, 6) is 0.0939. The lowest BCUT2D eigenvalue weighted by molar-refractivity contribution is -0.137. The Hall–Kier alpha value is -3.13. The Morgan fingerprint density at radius 3 is 2.57 bits per heavy atom. The number of thiophene rings is 1. The van der Waals surface area contributed by atoms with Crippen LogP contribution < -0.4 is 5.01 Å². The number of carbonyl (C=O) groups excluding carboxylic acids is 1. The summed E-state index contributed by atoms with van der Waals surface area (Å²) < 4.78 is 39.7. The van der Waals surface area contributed by atoms with Crippen molar-refractivity contribution in [2.24, 2.45) is 0 Å². The minimum atomic E-state index is -4.49. The molecule has 3 aromatic rings. The number of carbonyl (C=O) groups is 1. The summed E-state index contributed by atoms with van der Waals surface area (Å²) >= 11 is 1.43. The highest BCUT2D eigenvalue weighted by atomic mass is 32.1. The lowest BCUT2D eigenvalue weighted by Gasteiger charge is -2.30. The number of hydrogen-bond donors (Lipinski definition) is 0. The van der Waals surface area contributed by atoms with Crippen LogP contribution >= 0.6 is 11.3 Å². The second kappa shape index (κ2) is 6.79. The predicted molar refractivity (Wildman–Crippen MR) is 102 cm³/mol. The summed E-state index contributed by atoms with van der Waals surface area (Å²) in [6.07, 6.45) is -1.19. The maximum absolute atomic E-state index is 13.2. The van der Waals surface area contributed by atoms with Crippen LogP contribution in [-0.2, 0) is 6.18 Å². The molecule has 0 radical (unpaired) electrons. The van der Waals surface area contributed by atoms with Gasteiger partial charge in [-0.25, -0.2) is 9.99 Å². The van der Waals surface area contributed by atoms with E-state index in [0.29, 0.717) is 11.5 Å². The largest absolute Gasteiger partial charge is 0.416 e. The van der Waals surface area contributed by atoms with Crippen LogP contribution in [0.2, 0.25) is 0 Å². The summed E-state index contributed by atoms with van der Waals surface area (Å²) in [7, 11) is 1.65. The van der Waals surface area contributed by atoms with Gasteiger partial charge in [-0.2, -0.15) is 13.2 Å². The number of nitrogens with zero attached hydrogens (tertiary/aromatic N) is 3. The topological polar surface area (TPSA) is 36.4 Å². The Bertz CT molecular complexity index is 1050. The van der Waals surface area contributed by atoms with Gasteiger partial charge in [0.05, 0.1) is 16.8 Å². The molecule has 4 rings (SSSR count). The second-order valence-corrected chi connectivity index (χ2v) is 7.11. The monoisotopic (exact) mass is 401 g/mol. The molecule has 0 saturated carbocycles. The Morgan fingerprint density at radius 2 is 1.93 bits per heavy atom. The van der Waals surface area contributed by atoms with Gasteiger partial charge in [0.15, 0.2) is 0 Å².